The van der Waals surface area contributed by atoms with Gasteiger partial charge in [0.1, 0.15) is 0 Å². The summed E-state index contributed by atoms with van der Waals surface area (Å²) in [4.78, 5) is 10.2. The van der Waals surface area contributed by atoms with Crippen molar-refractivity contribution in [3.8, 4) is 0 Å². The van der Waals surface area contributed by atoms with Gasteiger partial charge >= 0.3 is 110 Å². The van der Waals surface area contributed by atoms with E-state index < -0.39 is 92.7 Å². The van der Waals surface area contributed by atoms with E-state index in [-0.39, 0.29) is 51.4 Å². The maximum absolute atomic E-state index is 13.8. The van der Waals surface area contributed by atoms with Crippen LogP contribution in [0.5, 0.6) is 0 Å². The fraction of sp³-hybridized carbons (Fsp3) is 0.923. The van der Waals surface area contributed by atoms with Gasteiger partial charge in [-0.15, -0.1) is 0 Å². The Kier molecular flexibility index (Phi) is 11.6. The van der Waals surface area contributed by atoms with Crippen LogP contribution in [0.2, 0.25) is 0 Å². The number of carbonyl (C=O) groups excluding carboxylic acids is 1. The summed E-state index contributed by atoms with van der Waals surface area (Å²) in [6.45, 7) is -2.53. The summed E-state index contributed by atoms with van der Waals surface area (Å²) in [5, 5.41) is 2.17. The van der Waals surface area contributed by atoms with Crippen LogP contribution in [0.15, 0.2) is 0 Å². The SMILES string of the molecule is CN(CC(=O)[O-])S(=O)(=O)C(F)(F)C(F)(F)C(F)(F)C(F)(F)C(F)(F)C(F)(F)C(F)(F)C(F)(F)C(F)(F)C(F)(F)F.[K+]. The van der Waals surface area contributed by atoms with Crippen molar-refractivity contribution in [3.63, 3.8) is 0 Å². The molecule has 0 aromatic carbocycles. The van der Waals surface area contributed by atoms with Gasteiger partial charge in [-0.25, -0.2) is 8.42 Å². The number of carboxylic acid groups (broad SMARTS) is 1. The van der Waals surface area contributed by atoms with Gasteiger partial charge in [0.15, 0.2) is 0 Å². The topological polar surface area (TPSA) is 77.5 Å². The van der Waals surface area contributed by atoms with Crippen LogP contribution in [-0.2, 0) is 14.8 Å². The molecule has 0 heterocycles. The van der Waals surface area contributed by atoms with Crippen LogP contribution in [0, 0.1) is 0 Å². The van der Waals surface area contributed by atoms with Crippen LogP contribution in [0.3, 0.4) is 0 Å². The van der Waals surface area contributed by atoms with Gasteiger partial charge in [0, 0.05) is 7.05 Å². The van der Waals surface area contributed by atoms with Crippen LogP contribution in [0.25, 0.3) is 0 Å². The minimum Gasteiger partial charge on any atom is -0.549 e. The number of carbonyl (C=O) groups is 1. The standard InChI is InChI=1S/C13H6F21NO4S.K/c1-35(2-3(36)37)40(38,39)13(33,34)11(28,29)9(24,25)7(20,21)5(16,17)4(14,15)6(18,19)8(22,23)10(26,27)12(30,31)32;/h2H2,1H3,(H,36,37);/q;+1/p-1. The molecule has 0 radical (unpaired) electrons. The predicted octanol–water partition coefficient (Wildman–Crippen LogP) is 1.24. The molecule has 0 aromatic heterocycles. The Morgan fingerprint density at radius 3 is 0.976 bits per heavy atom. The molecule has 0 fully saturated rings. The molecule has 0 amide bonds. The molecular formula is C13H5F21KNO4S. The van der Waals surface area contributed by atoms with E-state index in [2.05, 4.69) is 0 Å². The molecule has 240 valence electrons. The summed E-state index contributed by atoms with van der Waals surface area (Å²) in [5.74, 6) is -75.8. The fourth-order valence-corrected chi connectivity index (χ4v) is 3.29. The molecule has 0 aromatic rings. The van der Waals surface area contributed by atoms with E-state index in [1.54, 1.807) is 0 Å². The third kappa shape index (κ3) is 5.63. The molecule has 0 unspecified atom stereocenters. The zero-order valence-electron chi connectivity index (χ0n) is 18.6. The molecular weight excluding hydrogens is 704 g/mol. The van der Waals surface area contributed by atoms with Crippen molar-refractivity contribution in [1.82, 2.24) is 4.31 Å². The monoisotopic (exact) mass is 709 g/mol. The first-order valence-electron chi connectivity index (χ1n) is 8.46. The molecule has 0 N–H and O–H groups in total. The molecule has 0 saturated heterocycles. The third-order valence-corrected chi connectivity index (χ3v) is 6.42. The van der Waals surface area contributed by atoms with Crippen molar-refractivity contribution in [2.45, 2.75) is 58.8 Å². The molecule has 0 atom stereocenters. The van der Waals surface area contributed by atoms with E-state index in [0.717, 1.165) is 0 Å². The number of aliphatic carboxylic acids is 1. The molecule has 0 aliphatic heterocycles. The summed E-state index contributed by atoms with van der Waals surface area (Å²) >= 11 is 0. The number of sulfonamides is 1. The van der Waals surface area contributed by atoms with Gasteiger partial charge < -0.3 is 9.90 Å². The first kappa shape index (κ1) is 42.7. The number of hydrogen-bond acceptors (Lipinski definition) is 4. The smallest absolute Gasteiger partial charge is 0.549 e. The molecule has 0 saturated carbocycles. The average molecular weight is 709 g/mol. The minimum atomic E-state index is -9.43. The first-order valence-corrected chi connectivity index (χ1v) is 9.90. The summed E-state index contributed by atoms with van der Waals surface area (Å²) in [7, 11) is -8.34. The second-order valence-corrected chi connectivity index (χ2v) is 9.33. The summed E-state index contributed by atoms with van der Waals surface area (Å²) in [6.07, 6.45) is -8.11. The number of carboxylic acids is 1. The van der Waals surface area contributed by atoms with Gasteiger partial charge in [0.2, 0.25) is 0 Å². The van der Waals surface area contributed by atoms with Gasteiger partial charge in [-0.3, -0.25) is 0 Å². The normalized spacial score (nSPS) is 16.1. The van der Waals surface area contributed by atoms with Crippen LogP contribution in [0.1, 0.15) is 0 Å². The van der Waals surface area contributed by atoms with Crippen molar-refractivity contribution in [1.29, 1.82) is 0 Å². The Bertz CT molecular complexity index is 1090. The van der Waals surface area contributed by atoms with Gasteiger partial charge in [-0.1, -0.05) is 0 Å². The number of likely N-dealkylation sites (N-methyl/N-ethyl adjacent to an activating group) is 1. The molecule has 0 bridgehead atoms. The van der Waals surface area contributed by atoms with E-state index in [1.165, 1.54) is 0 Å². The van der Waals surface area contributed by atoms with Gasteiger partial charge in [0.25, 0.3) is 10.0 Å². The number of nitrogens with zero attached hydrogens (tertiary/aromatic N) is 1. The van der Waals surface area contributed by atoms with Crippen molar-refractivity contribution >= 4 is 16.0 Å². The Balaban J connectivity index is 0. The number of rotatable bonds is 12. The van der Waals surface area contributed by atoms with Gasteiger partial charge in [-0.2, -0.15) is 96.5 Å². The minimum absolute atomic E-state index is 0. The maximum atomic E-state index is 13.8. The Labute approximate surface area is 253 Å². The largest absolute Gasteiger partial charge is 1.00 e. The quantitative estimate of drug-likeness (QED) is 0.226. The molecule has 41 heavy (non-hydrogen) atoms. The van der Waals surface area contributed by atoms with Crippen LogP contribution in [-0.4, -0.2) is 91.1 Å². The van der Waals surface area contributed by atoms with Gasteiger partial charge in [-0.05, 0) is 0 Å². The summed E-state index contributed by atoms with van der Waals surface area (Å²) < 4.78 is 299. The van der Waals surface area contributed by atoms with Crippen molar-refractivity contribution < 1.29 is 162 Å². The third-order valence-electron chi connectivity index (χ3n) is 4.57. The molecule has 0 aliphatic rings. The van der Waals surface area contributed by atoms with E-state index in [1.807, 2.05) is 0 Å². The molecule has 0 rings (SSSR count). The van der Waals surface area contributed by atoms with E-state index in [0.29, 0.717) is 0 Å². The molecule has 5 nitrogen and oxygen atoms in total. The van der Waals surface area contributed by atoms with Crippen molar-refractivity contribution in [3.05, 3.63) is 0 Å². The number of hydrogen-bond donors (Lipinski definition) is 0. The Morgan fingerprint density at radius 2 is 0.756 bits per heavy atom. The molecule has 0 aliphatic carbocycles. The molecule has 28 heteroatoms. The number of halogens is 21. The van der Waals surface area contributed by atoms with Crippen LogP contribution >= 0.6 is 0 Å². The average Bonchev–Trinajstić information content (AvgIpc) is 2.70. The van der Waals surface area contributed by atoms with Crippen LogP contribution < -0.4 is 56.5 Å². The summed E-state index contributed by atoms with van der Waals surface area (Å²) in [5.41, 5.74) is 0. The Morgan fingerprint density at radius 1 is 0.537 bits per heavy atom. The fourth-order valence-electron chi connectivity index (χ4n) is 2.17. The van der Waals surface area contributed by atoms with E-state index >= 15 is 0 Å². The van der Waals surface area contributed by atoms with Crippen molar-refractivity contribution in [2.24, 2.45) is 0 Å². The van der Waals surface area contributed by atoms with E-state index in [9.17, 15) is 111 Å². The van der Waals surface area contributed by atoms with Crippen LogP contribution in [0.4, 0.5) is 92.2 Å². The predicted molar refractivity (Wildman–Crippen MR) is 77.1 cm³/mol. The van der Waals surface area contributed by atoms with Gasteiger partial charge in [0.05, 0.1) is 12.5 Å². The summed E-state index contributed by atoms with van der Waals surface area (Å²) in [6, 6.07) is 0. The zero-order chi connectivity index (χ0) is 33.4. The first-order chi connectivity index (χ1) is 16.8. The second-order valence-electron chi connectivity index (χ2n) is 7.24. The van der Waals surface area contributed by atoms with Crippen molar-refractivity contribution in [2.75, 3.05) is 13.6 Å². The second kappa shape index (κ2) is 11.2. The molecule has 0 spiro atoms. The zero-order valence-corrected chi connectivity index (χ0v) is 22.6. The maximum Gasteiger partial charge on any atom is 1.00 e. The Hall–Kier alpha value is -0.454. The number of alkyl halides is 21. The van der Waals surface area contributed by atoms with E-state index in [4.69, 9.17) is 0 Å².